The number of rotatable bonds is 8. The Balaban J connectivity index is 1.58. The number of amides is 2. The van der Waals surface area contributed by atoms with E-state index < -0.39 is 0 Å². The Morgan fingerprint density at radius 1 is 1.04 bits per heavy atom. The molecule has 0 aliphatic heterocycles. The van der Waals surface area contributed by atoms with Crippen LogP contribution in [0.15, 0.2) is 54.6 Å². The Bertz CT molecular complexity index is 760. The smallest absolute Gasteiger partial charge is 0.223 e. The van der Waals surface area contributed by atoms with Crippen LogP contribution < -0.4 is 10.6 Å². The van der Waals surface area contributed by atoms with Gasteiger partial charge >= 0.3 is 0 Å². The zero-order valence-electron chi connectivity index (χ0n) is 14.6. The van der Waals surface area contributed by atoms with Crippen LogP contribution in [-0.2, 0) is 9.59 Å². The number of carbonyl (C=O) groups is 2. The predicted octanol–water partition coefficient (Wildman–Crippen LogP) is 3.85. The minimum Gasteiger partial charge on any atom is -0.356 e. The molecule has 1 aliphatic rings. The molecule has 5 heteroatoms. The minimum absolute atomic E-state index is 0.0421. The highest BCUT2D eigenvalue weighted by atomic mass is 35.5. The molecule has 1 aliphatic carbocycles. The Labute approximate surface area is 158 Å². The van der Waals surface area contributed by atoms with Crippen molar-refractivity contribution in [2.75, 3.05) is 6.54 Å². The highest BCUT2D eigenvalue weighted by Crippen LogP contribution is 2.28. The maximum atomic E-state index is 12.4. The molecule has 0 spiro atoms. The van der Waals surface area contributed by atoms with Crippen molar-refractivity contribution in [2.45, 2.75) is 31.7 Å². The second-order valence-corrected chi connectivity index (χ2v) is 7.07. The number of benzene rings is 2. The first-order valence-electron chi connectivity index (χ1n) is 9.01. The van der Waals surface area contributed by atoms with Gasteiger partial charge in [-0.25, -0.2) is 0 Å². The highest BCUT2D eigenvalue weighted by molar-refractivity contribution is 6.30. The SMILES string of the molecule is O=C(CCCNC(=O)C1CC1)NC(c1ccccc1)c1cccc(Cl)c1. The largest absolute Gasteiger partial charge is 0.356 e. The Hall–Kier alpha value is -2.33. The summed E-state index contributed by atoms with van der Waals surface area (Å²) in [6.45, 7) is 0.538. The van der Waals surface area contributed by atoms with E-state index in [-0.39, 0.29) is 23.8 Å². The highest BCUT2D eigenvalue weighted by Gasteiger charge is 2.29. The van der Waals surface area contributed by atoms with Crippen LogP contribution in [0.2, 0.25) is 5.02 Å². The van der Waals surface area contributed by atoms with Gasteiger partial charge in [0.25, 0.3) is 0 Å². The van der Waals surface area contributed by atoms with E-state index in [9.17, 15) is 9.59 Å². The molecule has 1 unspecified atom stereocenters. The van der Waals surface area contributed by atoms with Gasteiger partial charge in [0.2, 0.25) is 11.8 Å². The molecule has 1 saturated carbocycles. The van der Waals surface area contributed by atoms with E-state index in [1.807, 2.05) is 54.6 Å². The molecule has 2 aromatic carbocycles. The summed E-state index contributed by atoms with van der Waals surface area (Å²) in [4.78, 5) is 24.0. The van der Waals surface area contributed by atoms with Gasteiger partial charge < -0.3 is 10.6 Å². The topological polar surface area (TPSA) is 58.2 Å². The minimum atomic E-state index is -0.247. The molecule has 4 nitrogen and oxygen atoms in total. The molecule has 1 fully saturated rings. The van der Waals surface area contributed by atoms with Crippen LogP contribution in [-0.4, -0.2) is 18.4 Å². The summed E-state index contributed by atoms with van der Waals surface area (Å²) in [5.74, 6) is 0.278. The lowest BCUT2D eigenvalue weighted by atomic mass is 9.98. The van der Waals surface area contributed by atoms with Crippen LogP contribution >= 0.6 is 11.6 Å². The van der Waals surface area contributed by atoms with Crippen LogP contribution in [0.4, 0.5) is 0 Å². The van der Waals surface area contributed by atoms with Crippen molar-refractivity contribution in [1.29, 1.82) is 0 Å². The van der Waals surface area contributed by atoms with Gasteiger partial charge in [0.1, 0.15) is 0 Å². The van der Waals surface area contributed by atoms with Crippen LogP contribution in [0.25, 0.3) is 0 Å². The summed E-state index contributed by atoms with van der Waals surface area (Å²) in [7, 11) is 0. The summed E-state index contributed by atoms with van der Waals surface area (Å²) in [6.07, 6.45) is 2.98. The molecule has 1 atom stereocenters. The normalized spacial score (nSPS) is 14.5. The van der Waals surface area contributed by atoms with Crippen LogP contribution in [0.3, 0.4) is 0 Å². The molecule has 2 amide bonds. The Morgan fingerprint density at radius 3 is 2.46 bits per heavy atom. The maximum Gasteiger partial charge on any atom is 0.223 e. The fourth-order valence-corrected chi connectivity index (χ4v) is 3.07. The van der Waals surface area contributed by atoms with Crippen molar-refractivity contribution in [3.05, 3.63) is 70.7 Å². The van der Waals surface area contributed by atoms with Gasteiger partial charge in [-0.15, -0.1) is 0 Å². The molecule has 2 aromatic rings. The molecule has 26 heavy (non-hydrogen) atoms. The average Bonchev–Trinajstić information content (AvgIpc) is 3.49. The van der Waals surface area contributed by atoms with Gasteiger partial charge in [-0.1, -0.05) is 54.1 Å². The van der Waals surface area contributed by atoms with E-state index in [2.05, 4.69) is 10.6 Å². The molecule has 0 saturated heterocycles. The summed E-state index contributed by atoms with van der Waals surface area (Å²) < 4.78 is 0. The van der Waals surface area contributed by atoms with Crippen molar-refractivity contribution in [1.82, 2.24) is 10.6 Å². The Morgan fingerprint density at radius 2 is 1.77 bits per heavy atom. The van der Waals surface area contributed by atoms with Gasteiger partial charge in [0.15, 0.2) is 0 Å². The molecule has 0 heterocycles. The van der Waals surface area contributed by atoms with E-state index in [0.29, 0.717) is 24.4 Å². The average molecular weight is 371 g/mol. The third-order valence-electron chi connectivity index (χ3n) is 4.45. The first-order chi connectivity index (χ1) is 12.6. The standard InChI is InChI=1S/C21H23ClN2O2/c22-18-9-4-8-17(14-18)20(15-6-2-1-3-7-15)24-19(25)10-5-13-23-21(26)16-11-12-16/h1-4,6-9,14,16,20H,5,10-13H2,(H,23,26)(H,24,25). The van der Waals surface area contributed by atoms with Gasteiger partial charge in [-0.3, -0.25) is 9.59 Å². The molecule has 136 valence electrons. The molecule has 0 radical (unpaired) electrons. The first-order valence-corrected chi connectivity index (χ1v) is 9.39. The van der Waals surface area contributed by atoms with E-state index in [1.165, 1.54) is 0 Å². The molecular weight excluding hydrogens is 348 g/mol. The van der Waals surface area contributed by atoms with E-state index in [1.54, 1.807) is 0 Å². The summed E-state index contributed by atoms with van der Waals surface area (Å²) in [6, 6.07) is 17.1. The lowest BCUT2D eigenvalue weighted by Crippen LogP contribution is -2.31. The molecule has 0 bridgehead atoms. The second kappa shape index (κ2) is 8.86. The zero-order chi connectivity index (χ0) is 18.4. The zero-order valence-corrected chi connectivity index (χ0v) is 15.3. The van der Waals surface area contributed by atoms with E-state index in [0.717, 1.165) is 24.0 Å². The van der Waals surface area contributed by atoms with Gasteiger partial charge in [0.05, 0.1) is 6.04 Å². The number of hydrogen-bond acceptors (Lipinski definition) is 2. The van der Waals surface area contributed by atoms with Gasteiger partial charge in [0, 0.05) is 23.9 Å². The summed E-state index contributed by atoms with van der Waals surface area (Å²) >= 11 is 6.12. The van der Waals surface area contributed by atoms with Crippen LogP contribution in [0.1, 0.15) is 42.9 Å². The summed E-state index contributed by atoms with van der Waals surface area (Å²) in [5.41, 5.74) is 1.95. The van der Waals surface area contributed by atoms with Crippen molar-refractivity contribution < 1.29 is 9.59 Å². The third-order valence-corrected chi connectivity index (χ3v) is 4.68. The monoisotopic (exact) mass is 370 g/mol. The fourth-order valence-electron chi connectivity index (χ4n) is 2.87. The third kappa shape index (κ3) is 5.33. The number of nitrogens with one attached hydrogen (secondary N) is 2. The quantitative estimate of drug-likeness (QED) is 0.693. The number of hydrogen-bond donors (Lipinski definition) is 2. The molecular formula is C21H23ClN2O2. The predicted molar refractivity (Wildman–Crippen MR) is 103 cm³/mol. The lowest BCUT2D eigenvalue weighted by Gasteiger charge is -2.20. The maximum absolute atomic E-state index is 12.4. The van der Waals surface area contributed by atoms with Crippen molar-refractivity contribution >= 4 is 23.4 Å². The summed E-state index contributed by atoms with van der Waals surface area (Å²) in [5, 5.41) is 6.62. The number of halogens is 1. The Kier molecular flexibility index (Phi) is 6.29. The number of carbonyl (C=O) groups excluding carboxylic acids is 2. The lowest BCUT2D eigenvalue weighted by molar-refractivity contribution is -0.123. The molecule has 0 aromatic heterocycles. The van der Waals surface area contributed by atoms with Crippen LogP contribution in [0, 0.1) is 5.92 Å². The van der Waals surface area contributed by atoms with Crippen molar-refractivity contribution in [3.63, 3.8) is 0 Å². The molecule has 3 rings (SSSR count). The fraction of sp³-hybridized carbons (Fsp3) is 0.333. The van der Waals surface area contributed by atoms with Gasteiger partial charge in [-0.2, -0.15) is 0 Å². The van der Waals surface area contributed by atoms with Gasteiger partial charge in [-0.05, 0) is 42.5 Å². The van der Waals surface area contributed by atoms with Crippen molar-refractivity contribution in [3.8, 4) is 0 Å². The second-order valence-electron chi connectivity index (χ2n) is 6.64. The van der Waals surface area contributed by atoms with Crippen molar-refractivity contribution in [2.24, 2.45) is 5.92 Å². The van der Waals surface area contributed by atoms with E-state index in [4.69, 9.17) is 11.6 Å². The first kappa shape index (κ1) is 18.5. The van der Waals surface area contributed by atoms with Crippen LogP contribution in [0.5, 0.6) is 0 Å². The van der Waals surface area contributed by atoms with E-state index >= 15 is 0 Å². The molecule has 2 N–H and O–H groups in total.